The largest absolute Gasteiger partial charge is 0.330 e. The highest BCUT2D eigenvalue weighted by molar-refractivity contribution is 7.89. The van der Waals surface area contributed by atoms with E-state index in [4.69, 9.17) is 5.73 Å². The molecule has 1 aliphatic rings. The van der Waals surface area contributed by atoms with E-state index in [0.29, 0.717) is 37.9 Å². The molecular weight excluding hydrogens is 224 g/mol. The van der Waals surface area contributed by atoms with Crippen LogP contribution in [0.5, 0.6) is 0 Å². The van der Waals surface area contributed by atoms with Crippen molar-refractivity contribution < 1.29 is 8.42 Å². The summed E-state index contributed by atoms with van der Waals surface area (Å²) in [4.78, 5) is 0. The van der Waals surface area contributed by atoms with Crippen molar-refractivity contribution in [2.45, 2.75) is 33.1 Å². The number of sulfonamides is 1. The fourth-order valence-corrected chi connectivity index (χ4v) is 3.77. The van der Waals surface area contributed by atoms with E-state index in [1.54, 1.807) is 4.31 Å². The number of rotatable bonds is 5. The van der Waals surface area contributed by atoms with Gasteiger partial charge in [-0.1, -0.05) is 13.8 Å². The first kappa shape index (κ1) is 13.9. The zero-order chi connectivity index (χ0) is 12.2. The zero-order valence-corrected chi connectivity index (χ0v) is 11.2. The normalized spacial score (nSPS) is 20.5. The predicted molar refractivity (Wildman–Crippen MR) is 66.6 cm³/mol. The van der Waals surface area contributed by atoms with Crippen LogP contribution in [0.4, 0.5) is 0 Å². The molecule has 0 amide bonds. The number of hydrogen-bond donors (Lipinski definition) is 1. The quantitative estimate of drug-likeness (QED) is 0.790. The lowest BCUT2D eigenvalue weighted by Gasteiger charge is -2.33. The molecule has 0 saturated carbocycles. The van der Waals surface area contributed by atoms with Crippen molar-refractivity contribution in [3.63, 3.8) is 0 Å². The van der Waals surface area contributed by atoms with E-state index < -0.39 is 10.0 Å². The van der Waals surface area contributed by atoms with Gasteiger partial charge in [-0.15, -0.1) is 0 Å². The van der Waals surface area contributed by atoms with Gasteiger partial charge in [-0.3, -0.25) is 0 Å². The van der Waals surface area contributed by atoms with Gasteiger partial charge in [-0.2, -0.15) is 0 Å². The Morgan fingerprint density at radius 1 is 1.31 bits per heavy atom. The molecule has 2 N–H and O–H groups in total. The monoisotopic (exact) mass is 248 g/mol. The van der Waals surface area contributed by atoms with Gasteiger partial charge in [-0.05, 0) is 37.6 Å². The van der Waals surface area contributed by atoms with Crippen LogP contribution in [-0.4, -0.2) is 38.1 Å². The molecule has 1 saturated heterocycles. The molecule has 0 aromatic heterocycles. The molecule has 0 radical (unpaired) electrons. The smallest absolute Gasteiger partial charge is 0.214 e. The number of piperidine rings is 1. The minimum Gasteiger partial charge on any atom is -0.330 e. The first-order valence-electron chi connectivity index (χ1n) is 6.15. The van der Waals surface area contributed by atoms with Crippen LogP contribution in [0.25, 0.3) is 0 Å². The SMILES string of the molecule is CC(C)C1CCN(S(=O)(=O)CCCN)CC1. The van der Waals surface area contributed by atoms with Crippen LogP contribution in [0, 0.1) is 11.8 Å². The molecule has 0 atom stereocenters. The summed E-state index contributed by atoms with van der Waals surface area (Å²) in [5.74, 6) is 1.55. The fourth-order valence-electron chi connectivity index (χ4n) is 2.22. The first-order chi connectivity index (χ1) is 7.47. The van der Waals surface area contributed by atoms with Gasteiger partial charge >= 0.3 is 0 Å². The highest BCUT2D eigenvalue weighted by atomic mass is 32.2. The third-order valence-electron chi connectivity index (χ3n) is 3.44. The van der Waals surface area contributed by atoms with Gasteiger partial charge < -0.3 is 5.73 Å². The maximum atomic E-state index is 11.9. The second-order valence-corrected chi connectivity index (χ2v) is 7.03. The van der Waals surface area contributed by atoms with Gasteiger partial charge in [0.2, 0.25) is 10.0 Å². The Kier molecular flexibility index (Phi) is 5.21. The Balaban J connectivity index is 2.47. The van der Waals surface area contributed by atoms with Crippen LogP contribution in [-0.2, 0) is 10.0 Å². The lowest BCUT2D eigenvalue weighted by molar-refractivity contribution is 0.226. The van der Waals surface area contributed by atoms with Gasteiger partial charge in [0.25, 0.3) is 0 Å². The molecule has 0 aromatic rings. The summed E-state index contributed by atoms with van der Waals surface area (Å²) in [6.45, 7) is 6.25. The van der Waals surface area contributed by atoms with Crippen molar-refractivity contribution in [2.24, 2.45) is 17.6 Å². The topological polar surface area (TPSA) is 63.4 Å². The van der Waals surface area contributed by atoms with Crippen LogP contribution < -0.4 is 5.73 Å². The fraction of sp³-hybridized carbons (Fsp3) is 1.00. The highest BCUT2D eigenvalue weighted by Gasteiger charge is 2.28. The number of nitrogens with zero attached hydrogens (tertiary/aromatic N) is 1. The molecule has 16 heavy (non-hydrogen) atoms. The van der Waals surface area contributed by atoms with Crippen LogP contribution in [0.1, 0.15) is 33.1 Å². The van der Waals surface area contributed by atoms with E-state index in [0.717, 1.165) is 12.8 Å². The standard InChI is InChI=1S/C11H24N2O2S/c1-10(2)11-4-7-13(8-5-11)16(14,15)9-3-6-12/h10-11H,3-9,12H2,1-2H3. The third-order valence-corrected chi connectivity index (χ3v) is 5.40. The molecule has 96 valence electrons. The van der Waals surface area contributed by atoms with Gasteiger partial charge in [0, 0.05) is 13.1 Å². The van der Waals surface area contributed by atoms with E-state index in [1.807, 2.05) is 0 Å². The summed E-state index contributed by atoms with van der Waals surface area (Å²) in [6, 6.07) is 0. The molecular formula is C11H24N2O2S. The average molecular weight is 248 g/mol. The lowest BCUT2D eigenvalue weighted by atomic mass is 9.87. The molecule has 0 aliphatic carbocycles. The molecule has 5 heteroatoms. The van der Waals surface area contributed by atoms with Crippen LogP contribution in [0.3, 0.4) is 0 Å². The van der Waals surface area contributed by atoms with Crippen LogP contribution >= 0.6 is 0 Å². The van der Waals surface area contributed by atoms with Gasteiger partial charge in [0.15, 0.2) is 0 Å². The Hall–Kier alpha value is -0.130. The second kappa shape index (κ2) is 5.98. The Bertz CT molecular complexity index is 293. The van der Waals surface area contributed by atoms with Gasteiger partial charge in [0.05, 0.1) is 5.75 Å². The predicted octanol–water partition coefficient (Wildman–Crippen LogP) is 1.03. The van der Waals surface area contributed by atoms with Crippen molar-refractivity contribution in [1.29, 1.82) is 0 Å². The van der Waals surface area contributed by atoms with Crippen LogP contribution in [0.15, 0.2) is 0 Å². The lowest BCUT2D eigenvalue weighted by Crippen LogP contribution is -2.40. The molecule has 0 aromatic carbocycles. The van der Waals surface area contributed by atoms with Gasteiger partial charge in [0.1, 0.15) is 0 Å². The third kappa shape index (κ3) is 3.71. The summed E-state index contributed by atoms with van der Waals surface area (Å²) >= 11 is 0. The van der Waals surface area contributed by atoms with E-state index in [2.05, 4.69) is 13.8 Å². The summed E-state index contributed by atoms with van der Waals surface area (Å²) in [6.07, 6.45) is 2.56. The molecule has 0 bridgehead atoms. The molecule has 4 nitrogen and oxygen atoms in total. The van der Waals surface area contributed by atoms with E-state index >= 15 is 0 Å². The van der Waals surface area contributed by atoms with Crippen molar-refractivity contribution >= 4 is 10.0 Å². The first-order valence-corrected chi connectivity index (χ1v) is 7.76. The van der Waals surface area contributed by atoms with Gasteiger partial charge in [-0.25, -0.2) is 12.7 Å². The van der Waals surface area contributed by atoms with Crippen molar-refractivity contribution in [3.05, 3.63) is 0 Å². The Morgan fingerprint density at radius 3 is 2.31 bits per heavy atom. The number of hydrogen-bond acceptors (Lipinski definition) is 3. The molecule has 1 fully saturated rings. The summed E-state index contributed by atoms with van der Waals surface area (Å²) in [5, 5.41) is 0. The summed E-state index contributed by atoms with van der Waals surface area (Å²) in [7, 11) is -3.04. The summed E-state index contributed by atoms with van der Waals surface area (Å²) in [5.41, 5.74) is 5.34. The van der Waals surface area contributed by atoms with E-state index in [-0.39, 0.29) is 5.75 Å². The number of nitrogens with two attached hydrogens (primary N) is 1. The van der Waals surface area contributed by atoms with Crippen molar-refractivity contribution in [2.75, 3.05) is 25.4 Å². The van der Waals surface area contributed by atoms with E-state index in [1.165, 1.54) is 0 Å². The van der Waals surface area contributed by atoms with Crippen molar-refractivity contribution in [3.8, 4) is 0 Å². The maximum Gasteiger partial charge on any atom is 0.214 e. The molecule has 1 heterocycles. The van der Waals surface area contributed by atoms with Crippen LogP contribution in [0.2, 0.25) is 0 Å². The molecule has 1 aliphatic heterocycles. The summed E-state index contributed by atoms with van der Waals surface area (Å²) < 4.78 is 25.4. The maximum absolute atomic E-state index is 11.9. The van der Waals surface area contributed by atoms with Crippen molar-refractivity contribution in [1.82, 2.24) is 4.31 Å². The Morgan fingerprint density at radius 2 is 1.88 bits per heavy atom. The molecule has 0 spiro atoms. The molecule has 1 rings (SSSR count). The Labute approximate surface area is 99.2 Å². The highest BCUT2D eigenvalue weighted by Crippen LogP contribution is 2.25. The van der Waals surface area contributed by atoms with E-state index in [9.17, 15) is 8.42 Å². The molecule has 0 unspecified atom stereocenters. The minimum atomic E-state index is -3.04. The second-order valence-electron chi connectivity index (χ2n) is 4.94. The zero-order valence-electron chi connectivity index (χ0n) is 10.4. The average Bonchev–Trinajstić information content (AvgIpc) is 2.26. The minimum absolute atomic E-state index is 0.204.